The molecule has 1 saturated heterocycles. The molecule has 3 aromatic rings. The largest absolute Gasteiger partial charge is 0.497 e. The van der Waals surface area contributed by atoms with E-state index in [1.165, 1.54) is 26.4 Å². The molecule has 3 aromatic carbocycles. The third kappa shape index (κ3) is 5.89. The first-order valence-electron chi connectivity index (χ1n) is 12.1. The Hall–Kier alpha value is -3.56. The van der Waals surface area contributed by atoms with E-state index in [2.05, 4.69) is 17.4 Å². The van der Waals surface area contributed by atoms with Crippen LogP contribution in [0.3, 0.4) is 0 Å². The van der Waals surface area contributed by atoms with Crippen molar-refractivity contribution in [3.63, 3.8) is 0 Å². The lowest BCUT2D eigenvalue weighted by atomic mass is 9.74. The van der Waals surface area contributed by atoms with Gasteiger partial charge >= 0.3 is 0 Å². The highest BCUT2D eigenvalue weighted by atomic mass is 32.2. The van der Waals surface area contributed by atoms with Crippen molar-refractivity contribution >= 4 is 21.6 Å². The topological polar surface area (TPSA) is 94.2 Å². The Morgan fingerprint density at radius 3 is 2.22 bits per heavy atom. The van der Waals surface area contributed by atoms with Gasteiger partial charge in [0, 0.05) is 31.2 Å². The van der Waals surface area contributed by atoms with Crippen LogP contribution >= 0.6 is 0 Å². The maximum atomic E-state index is 13.8. The number of hydrogen-bond acceptors (Lipinski definition) is 6. The zero-order valence-corrected chi connectivity index (χ0v) is 21.9. The maximum Gasteiger partial charge on any atom is 0.264 e. The number of anilines is 1. The first-order chi connectivity index (χ1) is 17.9. The van der Waals surface area contributed by atoms with Crippen molar-refractivity contribution in [2.24, 2.45) is 0 Å². The van der Waals surface area contributed by atoms with E-state index in [1.54, 1.807) is 36.4 Å². The van der Waals surface area contributed by atoms with Crippen molar-refractivity contribution < 1.29 is 27.4 Å². The van der Waals surface area contributed by atoms with E-state index in [0.717, 1.165) is 22.7 Å². The molecule has 1 aliphatic rings. The van der Waals surface area contributed by atoms with Crippen LogP contribution in [0.15, 0.2) is 83.8 Å². The van der Waals surface area contributed by atoms with Crippen molar-refractivity contribution in [3.8, 4) is 11.5 Å². The van der Waals surface area contributed by atoms with E-state index >= 15 is 0 Å². The van der Waals surface area contributed by atoms with Crippen molar-refractivity contribution in [2.45, 2.75) is 23.2 Å². The van der Waals surface area contributed by atoms with Gasteiger partial charge in [0.15, 0.2) is 0 Å². The minimum Gasteiger partial charge on any atom is -0.497 e. The number of benzene rings is 3. The average Bonchev–Trinajstić information content (AvgIpc) is 2.96. The van der Waals surface area contributed by atoms with Crippen LogP contribution in [0.25, 0.3) is 0 Å². The number of carbonyl (C=O) groups is 1. The van der Waals surface area contributed by atoms with E-state index in [9.17, 15) is 13.2 Å². The summed E-state index contributed by atoms with van der Waals surface area (Å²) in [6.45, 7) is 1.14. The number of sulfonamides is 1. The number of nitrogens with one attached hydrogen (secondary N) is 1. The van der Waals surface area contributed by atoms with Crippen LogP contribution in [0.5, 0.6) is 11.5 Å². The molecule has 8 nitrogen and oxygen atoms in total. The summed E-state index contributed by atoms with van der Waals surface area (Å²) >= 11 is 0. The number of nitrogens with zero attached hydrogens (tertiary/aromatic N) is 1. The summed E-state index contributed by atoms with van der Waals surface area (Å²) in [5.41, 5.74) is 1.05. The predicted molar refractivity (Wildman–Crippen MR) is 142 cm³/mol. The number of ether oxygens (including phenoxy) is 3. The van der Waals surface area contributed by atoms with Gasteiger partial charge in [-0.15, -0.1) is 0 Å². The molecule has 0 unspecified atom stereocenters. The van der Waals surface area contributed by atoms with Gasteiger partial charge in [-0.3, -0.25) is 9.10 Å². The van der Waals surface area contributed by atoms with Gasteiger partial charge in [0.1, 0.15) is 18.0 Å². The lowest BCUT2D eigenvalue weighted by Gasteiger charge is -2.38. The third-order valence-corrected chi connectivity index (χ3v) is 8.51. The number of methoxy groups -OCH3 is 2. The molecule has 196 valence electrons. The minimum absolute atomic E-state index is 0.0675. The van der Waals surface area contributed by atoms with Crippen LogP contribution in [0.4, 0.5) is 5.69 Å². The zero-order valence-electron chi connectivity index (χ0n) is 21.1. The molecule has 9 heteroatoms. The second-order valence-corrected chi connectivity index (χ2v) is 10.8. The van der Waals surface area contributed by atoms with Crippen LogP contribution < -0.4 is 19.1 Å². The van der Waals surface area contributed by atoms with E-state index in [4.69, 9.17) is 14.2 Å². The Labute approximate surface area is 218 Å². The molecule has 0 radical (unpaired) electrons. The van der Waals surface area contributed by atoms with Gasteiger partial charge in [-0.25, -0.2) is 8.42 Å². The highest BCUT2D eigenvalue weighted by Gasteiger charge is 2.36. The molecule has 0 aromatic heterocycles. The molecular formula is C28H32N2O6S. The van der Waals surface area contributed by atoms with Gasteiger partial charge in [0.25, 0.3) is 10.0 Å². The monoisotopic (exact) mass is 524 g/mol. The summed E-state index contributed by atoms with van der Waals surface area (Å²) in [6, 6.07) is 22.9. The van der Waals surface area contributed by atoms with Crippen molar-refractivity contribution in [1.29, 1.82) is 0 Å². The first-order valence-corrected chi connectivity index (χ1v) is 13.5. The molecule has 37 heavy (non-hydrogen) atoms. The summed E-state index contributed by atoms with van der Waals surface area (Å²) in [7, 11) is -1.16. The fraction of sp³-hybridized carbons (Fsp3) is 0.321. The lowest BCUT2D eigenvalue weighted by Crippen LogP contribution is -2.48. The molecular weight excluding hydrogens is 492 g/mol. The van der Waals surface area contributed by atoms with Crippen LogP contribution in [0.1, 0.15) is 18.4 Å². The summed E-state index contributed by atoms with van der Waals surface area (Å²) in [5.74, 6) is 0.319. The maximum absolute atomic E-state index is 13.8. The molecule has 1 aliphatic heterocycles. The predicted octanol–water partition coefficient (Wildman–Crippen LogP) is 3.76. The average molecular weight is 525 g/mol. The highest BCUT2D eigenvalue weighted by Crippen LogP contribution is 2.36. The molecule has 0 saturated carbocycles. The number of rotatable bonds is 10. The van der Waals surface area contributed by atoms with E-state index in [-0.39, 0.29) is 16.0 Å². The third-order valence-electron chi connectivity index (χ3n) is 6.73. The highest BCUT2D eigenvalue weighted by molar-refractivity contribution is 7.92. The van der Waals surface area contributed by atoms with Gasteiger partial charge in [-0.05, 0) is 42.7 Å². The van der Waals surface area contributed by atoms with Crippen molar-refractivity contribution in [1.82, 2.24) is 5.32 Å². The van der Waals surface area contributed by atoms with Crippen LogP contribution in [-0.2, 0) is 25.0 Å². The van der Waals surface area contributed by atoms with Crippen molar-refractivity contribution in [2.75, 3.05) is 44.8 Å². The number of carbonyl (C=O) groups excluding carboxylic acids is 1. The van der Waals surface area contributed by atoms with E-state index < -0.39 is 22.5 Å². The molecule has 0 spiro atoms. The molecule has 0 bridgehead atoms. The van der Waals surface area contributed by atoms with Gasteiger partial charge in [-0.1, -0.05) is 48.5 Å². The molecule has 0 aliphatic carbocycles. The van der Waals surface area contributed by atoms with E-state index in [0.29, 0.717) is 31.3 Å². The second kappa shape index (κ2) is 11.7. The lowest BCUT2D eigenvalue weighted by molar-refractivity contribution is -0.120. The molecule has 1 heterocycles. The fourth-order valence-electron chi connectivity index (χ4n) is 4.59. The standard InChI is InChI=1S/C28H32N2O6S/c1-34-23-13-14-26(35-2)25(19-23)30(37(32,33)24-11-7-4-8-12-24)20-27(31)29-21-28(15-17-36-18-16-28)22-9-5-3-6-10-22/h3-14,19H,15-18,20-21H2,1-2H3,(H,29,31). The van der Waals surface area contributed by atoms with Gasteiger partial charge < -0.3 is 19.5 Å². The molecule has 0 atom stereocenters. The normalized spacial score (nSPS) is 15.0. The quantitative estimate of drug-likeness (QED) is 0.434. The summed E-state index contributed by atoms with van der Waals surface area (Å²) in [6.07, 6.45) is 1.51. The van der Waals surface area contributed by atoms with Crippen LogP contribution in [-0.4, -0.2) is 54.8 Å². The minimum atomic E-state index is -4.10. The zero-order chi connectivity index (χ0) is 26.3. The first kappa shape index (κ1) is 26.5. The van der Waals surface area contributed by atoms with Gasteiger partial charge in [-0.2, -0.15) is 0 Å². The van der Waals surface area contributed by atoms with Crippen LogP contribution in [0, 0.1) is 0 Å². The van der Waals surface area contributed by atoms with Crippen LogP contribution in [0.2, 0.25) is 0 Å². The van der Waals surface area contributed by atoms with Gasteiger partial charge in [0.05, 0.1) is 24.8 Å². The summed E-state index contributed by atoms with van der Waals surface area (Å²) in [5, 5.41) is 3.01. The van der Waals surface area contributed by atoms with Gasteiger partial charge in [0.2, 0.25) is 5.91 Å². The Morgan fingerprint density at radius 2 is 1.59 bits per heavy atom. The molecule has 4 rings (SSSR count). The summed E-state index contributed by atoms with van der Waals surface area (Å²) in [4.78, 5) is 13.4. The summed E-state index contributed by atoms with van der Waals surface area (Å²) < 4.78 is 45.0. The number of amides is 1. The Morgan fingerprint density at radius 1 is 0.946 bits per heavy atom. The Balaban J connectivity index is 1.64. The Kier molecular flexibility index (Phi) is 8.35. The van der Waals surface area contributed by atoms with E-state index in [1.807, 2.05) is 18.2 Å². The number of hydrogen-bond donors (Lipinski definition) is 1. The molecule has 1 fully saturated rings. The smallest absolute Gasteiger partial charge is 0.264 e. The van der Waals surface area contributed by atoms with Crippen molar-refractivity contribution in [3.05, 3.63) is 84.4 Å². The molecule has 1 amide bonds. The Bertz CT molecular complexity index is 1290. The second-order valence-electron chi connectivity index (χ2n) is 8.90. The fourth-order valence-corrected chi connectivity index (χ4v) is 6.03. The molecule has 1 N–H and O–H groups in total. The SMILES string of the molecule is COc1ccc(OC)c(N(CC(=O)NCC2(c3ccccc3)CCOCC2)S(=O)(=O)c2ccccc2)c1.